The Balaban J connectivity index is 2.55. The van der Waals surface area contributed by atoms with Gasteiger partial charge in [0, 0.05) is 16.7 Å². The molecule has 0 bridgehead atoms. The van der Waals surface area contributed by atoms with Crippen LogP contribution in [0.3, 0.4) is 0 Å². The molecule has 2 rings (SSSR count). The average Bonchev–Trinajstić information content (AvgIpc) is 2.56. The van der Waals surface area contributed by atoms with Gasteiger partial charge in [-0.05, 0) is 50.7 Å². The van der Waals surface area contributed by atoms with Gasteiger partial charge in [0.05, 0.1) is 0 Å². The van der Waals surface area contributed by atoms with E-state index in [9.17, 15) is 0 Å². The largest absolute Gasteiger partial charge is 0.250 e. The van der Waals surface area contributed by atoms with Crippen LogP contribution in [-0.4, -0.2) is 6.21 Å². The van der Waals surface area contributed by atoms with Gasteiger partial charge in [-0.15, -0.1) is 11.3 Å². The number of rotatable bonds is 2. The van der Waals surface area contributed by atoms with Gasteiger partial charge in [-0.3, -0.25) is 4.99 Å². The Labute approximate surface area is 95.6 Å². The summed E-state index contributed by atoms with van der Waals surface area (Å²) in [5.74, 6) is 0. The Kier molecular flexibility index (Phi) is 3.06. The first-order valence-corrected chi connectivity index (χ1v) is 6.34. The maximum absolute atomic E-state index is 4.47. The molecule has 0 saturated carbocycles. The van der Waals surface area contributed by atoms with Crippen LogP contribution in [0.4, 0.5) is 5.00 Å². The normalized spacial score (nSPS) is 15.6. The second kappa shape index (κ2) is 4.31. The highest BCUT2D eigenvalue weighted by Gasteiger charge is 2.20. The van der Waals surface area contributed by atoms with Crippen LogP contribution in [0.5, 0.6) is 0 Å². The summed E-state index contributed by atoms with van der Waals surface area (Å²) in [6, 6.07) is 0. The minimum atomic E-state index is 1.16. The van der Waals surface area contributed by atoms with Gasteiger partial charge in [-0.25, -0.2) is 0 Å². The molecule has 0 saturated heterocycles. The second-order valence-corrected chi connectivity index (χ2v) is 5.14. The molecular weight excluding hydrogens is 202 g/mol. The predicted molar refractivity (Wildman–Crippen MR) is 69.5 cm³/mol. The van der Waals surface area contributed by atoms with E-state index in [-0.39, 0.29) is 0 Å². The molecule has 1 nitrogen and oxygen atoms in total. The van der Waals surface area contributed by atoms with E-state index >= 15 is 0 Å². The van der Waals surface area contributed by atoms with Crippen LogP contribution in [0.1, 0.15) is 42.7 Å². The van der Waals surface area contributed by atoms with Crippen molar-refractivity contribution in [1.82, 2.24) is 0 Å². The summed E-state index contributed by atoms with van der Waals surface area (Å²) in [4.78, 5) is 6.01. The summed E-state index contributed by atoms with van der Waals surface area (Å²) >= 11 is 1.86. The molecule has 1 heterocycles. The third-order valence-electron chi connectivity index (χ3n) is 2.83. The third kappa shape index (κ3) is 1.91. The SMILES string of the molecule is C=C(C)c1c(N=CC)sc2c1CCCC2. The molecule has 0 aliphatic heterocycles. The lowest BCUT2D eigenvalue weighted by Crippen LogP contribution is -2.00. The summed E-state index contributed by atoms with van der Waals surface area (Å²) in [5, 5.41) is 1.16. The van der Waals surface area contributed by atoms with Crippen molar-refractivity contribution in [1.29, 1.82) is 0 Å². The molecule has 0 unspecified atom stereocenters. The number of aryl methyl sites for hydroxylation is 1. The molecule has 80 valence electrons. The fraction of sp³-hybridized carbons (Fsp3) is 0.462. The van der Waals surface area contributed by atoms with E-state index < -0.39 is 0 Å². The summed E-state index contributed by atoms with van der Waals surface area (Å²) in [6.07, 6.45) is 6.98. The highest BCUT2D eigenvalue weighted by atomic mass is 32.1. The van der Waals surface area contributed by atoms with Crippen LogP contribution < -0.4 is 0 Å². The molecule has 1 aliphatic carbocycles. The van der Waals surface area contributed by atoms with E-state index in [0.29, 0.717) is 0 Å². The van der Waals surface area contributed by atoms with Crippen molar-refractivity contribution in [3.05, 3.63) is 22.6 Å². The van der Waals surface area contributed by atoms with Gasteiger partial charge in [0.2, 0.25) is 0 Å². The Bertz CT molecular complexity index is 412. The van der Waals surface area contributed by atoms with Gasteiger partial charge in [0.1, 0.15) is 5.00 Å². The summed E-state index contributed by atoms with van der Waals surface area (Å²) in [7, 11) is 0. The number of hydrogen-bond donors (Lipinski definition) is 0. The minimum absolute atomic E-state index is 1.16. The van der Waals surface area contributed by atoms with E-state index in [1.807, 2.05) is 24.5 Å². The highest BCUT2D eigenvalue weighted by molar-refractivity contribution is 7.16. The Morgan fingerprint density at radius 3 is 2.80 bits per heavy atom. The standard InChI is InChI=1S/C13H17NS/c1-4-14-13-12(9(2)3)10-7-5-6-8-11(10)15-13/h4H,2,5-8H2,1,3H3. The van der Waals surface area contributed by atoms with Crippen molar-refractivity contribution >= 4 is 28.1 Å². The van der Waals surface area contributed by atoms with Gasteiger partial charge in [0.15, 0.2) is 0 Å². The monoisotopic (exact) mass is 219 g/mol. The van der Waals surface area contributed by atoms with E-state index in [1.54, 1.807) is 4.88 Å². The minimum Gasteiger partial charge on any atom is -0.250 e. The first-order chi connectivity index (χ1) is 7.24. The van der Waals surface area contributed by atoms with Gasteiger partial charge >= 0.3 is 0 Å². The molecule has 0 atom stereocenters. The van der Waals surface area contributed by atoms with Crippen LogP contribution in [0.15, 0.2) is 11.6 Å². The van der Waals surface area contributed by atoms with Gasteiger partial charge in [-0.1, -0.05) is 6.58 Å². The Morgan fingerprint density at radius 1 is 1.40 bits per heavy atom. The smallest absolute Gasteiger partial charge is 0.123 e. The number of allylic oxidation sites excluding steroid dienone is 1. The van der Waals surface area contributed by atoms with Crippen LogP contribution >= 0.6 is 11.3 Å². The highest BCUT2D eigenvalue weighted by Crippen LogP contribution is 2.42. The molecule has 0 aromatic carbocycles. The number of hydrogen-bond acceptors (Lipinski definition) is 2. The summed E-state index contributed by atoms with van der Waals surface area (Å²) in [6.45, 7) is 8.14. The van der Waals surface area contributed by atoms with Crippen molar-refractivity contribution in [3.8, 4) is 0 Å². The van der Waals surface area contributed by atoms with Crippen LogP contribution in [-0.2, 0) is 12.8 Å². The maximum Gasteiger partial charge on any atom is 0.123 e. The van der Waals surface area contributed by atoms with Crippen molar-refractivity contribution in [2.24, 2.45) is 4.99 Å². The average molecular weight is 219 g/mol. The van der Waals surface area contributed by atoms with E-state index in [0.717, 1.165) is 10.6 Å². The molecule has 1 aromatic heterocycles. The second-order valence-electron chi connectivity index (χ2n) is 4.06. The molecule has 1 aromatic rings. The third-order valence-corrected chi connectivity index (χ3v) is 4.03. The van der Waals surface area contributed by atoms with Crippen LogP contribution in [0.2, 0.25) is 0 Å². The van der Waals surface area contributed by atoms with Gasteiger partial charge < -0.3 is 0 Å². The molecule has 2 heteroatoms. The van der Waals surface area contributed by atoms with Crippen LogP contribution in [0.25, 0.3) is 5.57 Å². The van der Waals surface area contributed by atoms with E-state index in [2.05, 4.69) is 18.5 Å². The number of aliphatic imine (C=N–C) groups is 1. The molecule has 1 aliphatic rings. The van der Waals surface area contributed by atoms with Gasteiger partial charge in [0.25, 0.3) is 0 Å². The lowest BCUT2D eigenvalue weighted by Gasteiger charge is -2.12. The number of thiophene rings is 1. The Hall–Kier alpha value is -0.890. The quantitative estimate of drug-likeness (QED) is 0.654. The van der Waals surface area contributed by atoms with Crippen molar-refractivity contribution in [3.63, 3.8) is 0 Å². The van der Waals surface area contributed by atoms with E-state index in [4.69, 9.17) is 0 Å². The van der Waals surface area contributed by atoms with Gasteiger partial charge in [-0.2, -0.15) is 0 Å². The van der Waals surface area contributed by atoms with Crippen molar-refractivity contribution in [2.75, 3.05) is 0 Å². The molecule has 0 N–H and O–H groups in total. The summed E-state index contributed by atoms with van der Waals surface area (Å²) in [5.41, 5.74) is 4.02. The van der Waals surface area contributed by atoms with E-state index in [1.165, 1.54) is 36.8 Å². The molecule has 0 spiro atoms. The predicted octanol–water partition coefficient (Wildman–Crippen LogP) is 4.38. The van der Waals surface area contributed by atoms with Crippen LogP contribution in [0, 0.1) is 0 Å². The first-order valence-electron chi connectivity index (χ1n) is 5.53. The Morgan fingerprint density at radius 2 is 2.13 bits per heavy atom. The fourth-order valence-corrected chi connectivity index (χ4v) is 3.56. The zero-order valence-electron chi connectivity index (χ0n) is 9.47. The molecule has 0 fully saturated rings. The fourth-order valence-electron chi connectivity index (χ4n) is 2.20. The first kappa shape index (κ1) is 10.6. The van der Waals surface area contributed by atoms with Crippen molar-refractivity contribution in [2.45, 2.75) is 39.5 Å². The topological polar surface area (TPSA) is 12.4 Å². The van der Waals surface area contributed by atoms with Crippen molar-refractivity contribution < 1.29 is 0 Å². The molecule has 0 amide bonds. The summed E-state index contributed by atoms with van der Waals surface area (Å²) < 4.78 is 0. The zero-order chi connectivity index (χ0) is 10.8. The molecule has 15 heavy (non-hydrogen) atoms. The zero-order valence-corrected chi connectivity index (χ0v) is 10.3. The maximum atomic E-state index is 4.47. The lowest BCUT2D eigenvalue weighted by atomic mass is 9.93. The molecular formula is C13H17NS. The number of fused-ring (bicyclic) bond motifs is 1. The lowest BCUT2D eigenvalue weighted by molar-refractivity contribution is 0.696. The number of nitrogens with zero attached hydrogens (tertiary/aromatic N) is 1. The molecule has 0 radical (unpaired) electrons.